The Morgan fingerprint density at radius 2 is 1.79 bits per heavy atom. The molecule has 1 heterocycles. The predicted octanol–water partition coefficient (Wildman–Crippen LogP) is 3.42. The molecule has 1 aliphatic rings. The second kappa shape index (κ2) is 9.48. The van der Waals surface area contributed by atoms with Crippen molar-refractivity contribution in [3.63, 3.8) is 0 Å². The molecule has 0 radical (unpaired) electrons. The van der Waals surface area contributed by atoms with Crippen LogP contribution in [0.25, 0.3) is 0 Å². The van der Waals surface area contributed by atoms with E-state index in [2.05, 4.69) is 5.32 Å². The second-order valence-electron chi connectivity index (χ2n) is 6.89. The number of rotatable bonds is 7. The maximum Gasteiger partial charge on any atom is 0.286 e. The van der Waals surface area contributed by atoms with Crippen molar-refractivity contribution in [1.29, 1.82) is 0 Å². The third kappa shape index (κ3) is 5.65. The highest BCUT2D eigenvalue weighted by atomic mass is 19.1. The normalized spacial score (nSPS) is 18.9. The van der Waals surface area contributed by atoms with Gasteiger partial charge >= 0.3 is 0 Å². The fourth-order valence-electron chi connectivity index (χ4n) is 2.89. The average Bonchev–Trinajstić information content (AvgIpc) is 2.71. The van der Waals surface area contributed by atoms with E-state index in [9.17, 15) is 9.18 Å². The first-order valence-corrected chi connectivity index (χ1v) is 9.25. The number of halogens is 1. The van der Waals surface area contributed by atoms with Crippen LogP contribution in [0.3, 0.4) is 0 Å². The summed E-state index contributed by atoms with van der Waals surface area (Å²) in [5, 5.41) is 11.9. The summed E-state index contributed by atoms with van der Waals surface area (Å²) in [5.74, 6) is -0.256. The van der Waals surface area contributed by atoms with Crippen LogP contribution in [0.2, 0.25) is 0 Å². The van der Waals surface area contributed by atoms with Gasteiger partial charge in [0.2, 0.25) is 6.29 Å². The van der Waals surface area contributed by atoms with Crippen molar-refractivity contribution in [3.8, 4) is 0 Å². The molecule has 0 aromatic heterocycles. The number of allylic oxidation sites excluding steroid dienone is 1. The molecule has 0 fully saturated rings. The van der Waals surface area contributed by atoms with Gasteiger partial charge in [-0.05, 0) is 40.8 Å². The van der Waals surface area contributed by atoms with Crippen molar-refractivity contribution in [2.45, 2.75) is 39.4 Å². The lowest BCUT2D eigenvalue weighted by atomic mass is 10.0. The molecule has 0 saturated heterocycles. The summed E-state index contributed by atoms with van der Waals surface area (Å²) in [5.41, 5.74) is 2.61. The van der Waals surface area contributed by atoms with Gasteiger partial charge in [-0.2, -0.15) is 0 Å². The number of amides is 1. The van der Waals surface area contributed by atoms with Crippen LogP contribution in [0.15, 0.2) is 60.4 Å². The molecular weight excluding hydrogens is 361 g/mol. The molecule has 2 aromatic carbocycles. The van der Waals surface area contributed by atoms with E-state index in [1.807, 2.05) is 31.2 Å². The average molecular weight is 385 g/mol. The smallest absolute Gasteiger partial charge is 0.286 e. The van der Waals surface area contributed by atoms with Gasteiger partial charge in [-0.15, -0.1) is 0 Å². The second-order valence-corrected chi connectivity index (χ2v) is 6.89. The van der Waals surface area contributed by atoms with E-state index >= 15 is 0 Å². The summed E-state index contributed by atoms with van der Waals surface area (Å²) in [6, 6.07) is 13.4. The third-order valence-electron chi connectivity index (χ3n) is 4.49. The van der Waals surface area contributed by atoms with Crippen LogP contribution in [0, 0.1) is 11.7 Å². The van der Waals surface area contributed by atoms with Gasteiger partial charge in [0.05, 0.1) is 13.2 Å². The maximum atomic E-state index is 13.0. The lowest BCUT2D eigenvalue weighted by molar-refractivity contribution is -0.152. The van der Waals surface area contributed by atoms with Crippen molar-refractivity contribution in [3.05, 3.63) is 82.9 Å². The van der Waals surface area contributed by atoms with Gasteiger partial charge in [-0.1, -0.05) is 43.3 Å². The van der Waals surface area contributed by atoms with E-state index in [0.29, 0.717) is 13.0 Å². The van der Waals surface area contributed by atoms with E-state index < -0.39 is 6.29 Å². The number of hydrogen-bond acceptors (Lipinski definition) is 4. The van der Waals surface area contributed by atoms with Crippen LogP contribution < -0.4 is 5.32 Å². The van der Waals surface area contributed by atoms with Crippen LogP contribution >= 0.6 is 0 Å². The van der Waals surface area contributed by atoms with Crippen LogP contribution in [-0.2, 0) is 34.0 Å². The van der Waals surface area contributed by atoms with Gasteiger partial charge in [0, 0.05) is 13.0 Å². The lowest BCUT2D eigenvalue weighted by Crippen LogP contribution is -2.32. The maximum absolute atomic E-state index is 13.0. The Labute approximate surface area is 163 Å². The monoisotopic (exact) mass is 385 g/mol. The minimum atomic E-state index is -0.510. The van der Waals surface area contributed by atoms with Crippen LogP contribution in [-0.4, -0.2) is 17.3 Å². The van der Waals surface area contributed by atoms with Crippen molar-refractivity contribution < 1.29 is 23.8 Å². The van der Waals surface area contributed by atoms with Gasteiger partial charge in [0.15, 0.2) is 5.76 Å². The molecule has 5 nitrogen and oxygen atoms in total. The molecule has 2 atom stereocenters. The van der Waals surface area contributed by atoms with Gasteiger partial charge < -0.3 is 19.9 Å². The molecule has 2 N–H and O–H groups in total. The highest BCUT2D eigenvalue weighted by Gasteiger charge is 2.25. The zero-order chi connectivity index (χ0) is 19.9. The van der Waals surface area contributed by atoms with Crippen LogP contribution in [0.4, 0.5) is 4.39 Å². The van der Waals surface area contributed by atoms with E-state index in [1.165, 1.54) is 12.1 Å². The van der Waals surface area contributed by atoms with Crippen molar-refractivity contribution in [2.75, 3.05) is 0 Å². The topological polar surface area (TPSA) is 67.8 Å². The number of aliphatic hydroxyl groups is 1. The Hall–Kier alpha value is -2.70. The first-order valence-electron chi connectivity index (χ1n) is 9.25. The van der Waals surface area contributed by atoms with Gasteiger partial charge in [-0.25, -0.2) is 4.39 Å². The molecule has 3 rings (SSSR count). The molecule has 0 aliphatic carbocycles. The molecule has 148 valence electrons. The number of carbonyl (C=O) groups is 1. The summed E-state index contributed by atoms with van der Waals surface area (Å²) in [7, 11) is 0. The molecule has 28 heavy (non-hydrogen) atoms. The lowest BCUT2D eigenvalue weighted by Gasteiger charge is -2.27. The number of carbonyl (C=O) groups excluding carboxylic acids is 1. The Balaban J connectivity index is 1.52. The summed E-state index contributed by atoms with van der Waals surface area (Å²) >= 11 is 0. The molecular formula is C22H24FNO4. The Kier molecular flexibility index (Phi) is 6.79. The van der Waals surface area contributed by atoms with Crippen molar-refractivity contribution >= 4 is 5.91 Å². The Morgan fingerprint density at radius 1 is 1.14 bits per heavy atom. The van der Waals surface area contributed by atoms with E-state index in [0.717, 1.165) is 16.7 Å². The molecule has 1 aliphatic heterocycles. The van der Waals surface area contributed by atoms with Gasteiger partial charge in [-0.3, -0.25) is 4.79 Å². The molecule has 6 heteroatoms. The SMILES string of the molecule is C[C@H]1C=C(C(=O)NCc2ccc(F)cc2)O[C@@H](OCc2ccc(CO)cc2)C1. The van der Waals surface area contributed by atoms with Gasteiger partial charge in [0.1, 0.15) is 5.82 Å². The number of hydrogen-bond donors (Lipinski definition) is 2. The highest BCUT2D eigenvalue weighted by Crippen LogP contribution is 2.24. The third-order valence-corrected chi connectivity index (χ3v) is 4.49. The molecule has 0 unspecified atom stereocenters. The summed E-state index contributed by atoms with van der Waals surface area (Å²) in [6.07, 6.45) is 1.93. The van der Waals surface area contributed by atoms with Crippen LogP contribution in [0.1, 0.15) is 30.0 Å². The molecule has 0 spiro atoms. The molecule has 1 amide bonds. The standard InChI is InChI=1S/C22H24FNO4/c1-15-10-20(22(26)24-12-16-6-8-19(23)9-7-16)28-21(11-15)27-14-18-4-2-17(13-25)3-5-18/h2-10,15,21,25H,11-14H2,1H3,(H,24,26)/t15-,21+/m0/s1. The minimum absolute atomic E-state index is 0.00553. The zero-order valence-corrected chi connectivity index (χ0v) is 15.7. The first-order chi connectivity index (χ1) is 13.5. The zero-order valence-electron chi connectivity index (χ0n) is 15.7. The summed E-state index contributed by atoms with van der Waals surface area (Å²) in [4.78, 5) is 12.4. The van der Waals surface area contributed by atoms with Crippen molar-refractivity contribution in [1.82, 2.24) is 5.32 Å². The van der Waals surface area contributed by atoms with E-state index in [4.69, 9.17) is 14.6 Å². The molecule has 0 bridgehead atoms. The fraction of sp³-hybridized carbons (Fsp3) is 0.318. The number of ether oxygens (including phenoxy) is 2. The quantitative estimate of drug-likeness (QED) is 0.766. The van der Waals surface area contributed by atoms with E-state index in [-0.39, 0.29) is 36.6 Å². The van der Waals surface area contributed by atoms with E-state index in [1.54, 1.807) is 18.2 Å². The predicted molar refractivity (Wildman–Crippen MR) is 102 cm³/mol. The number of aliphatic hydroxyl groups excluding tert-OH is 1. The fourth-order valence-corrected chi connectivity index (χ4v) is 2.89. The largest absolute Gasteiger partial charge is 0.459 e. The summed E-state index contributed by atoms with van der Waals surface area (Å²) < 4.78 is 24.5. The molecule has 2 aromatic rings. The Bertz CT molecular complexity index is 817. The molecule has 0 saturated carbocycles. The summed E-state index contributed by atoms with van der Waals surface area (Å²) in [6.45, 7) is 2.65. The number of nitrogens with one attached hydrogen (secondary N) is 1. The first kappa shape index (κ1) is 20.0. The van der Waals surface area contributed by atoms with Crippen LogP contribution in [0.5, 0.6) is 0 Å². The highest BCUT2D eigenvalue weighted by molar-refractivity contribution is 5.91. The van der Waals surface area contributed by atoms with Gasteiger partial charge in [0.25, 0.3) is 5.91 Å². The minimum Gasteiger partial charge on any atom is -0.459 e. The Morgan fingerprint density at radius 3 is 2.46 bits per heavy atom. The number of benzene rings is 2. The van der Waals surface area contributed by atoms with Crippen molar-refractivity contribution in [2.24, 2.45) is 5.92 Å².